The summed E-state index contributed by atoms with van der Waals surface area (Å²) in [6.45, 7) is 5.18. The monoisotopic (exact) mass is 232 g/mol. The summed E-state index contributed by atoms with van der Waals surface area (Å²) in [6, 6.07) is 7.91. The molecule has 92 valence electrons. The summed E-state index contributed by atoms with van der Waals surface area (Å²) in [5.74, 6) is 0. The molecule has 0 aliphatic rings. The second-order valence-corrected chi connectivity index (χ2v) is 3.92. The number of imidazole rings is 1. The van der Waals surface area contributed by atoms with E-state index in [4.69, 9.17) is 5.11 Å². The molecule has 2 aromatic rings. The highest BCUT2D eigenvalue weighted by molar-refractivity contribution is 5.22. The second kappa shape index (κ2) is 7.63. The van der Waals surface area contributed by atoms with Gasteiger partial charge in [-0.1, -0.05) is 44.5 Å². The molecule has 0 aliphatic heterocycles. The molecule has 0 radical (unpaired) electrons. The Morgan fingerprint density at radius 3 is 2.18 bits per heavy atom. The van der Waals surface area contributed by atoms with Gasteiger partial charge < -0.3 is 9.67 Å². The molecule has 0 saturated carbocycles. The van der Waals surface area contributed by atoms with Crippen molar-refractivity contribution >= 4 is 0 Å². The van der Waals surface area contributed by atoms with E-state index in [1.165, 1.54) is 12.0 Å². The quantitative estimate of drug-likeness (QED) is 0.883. The summed E-state index contributed by atoms with van der Waals surface area (Å²) in [5, 5.41) is 8.87. The van der Waals surface area contributed by atoms with Crippen LogP contribution in [0.2, 0.25) is 0 Å². The van der Waals surface area contributed by atoms with Crippen molar-refractivity contribution in [1.82, 2.24) is 9.55 Å². The molecule has 0 aliphatic carbocycles. The van der Waals surface area contributed by atoms with Crippen LogP contribution >= 0.6 is 0 Å². The van der Waals surface area contributed by atoms with Crippen molar-refractivity contribution in [3.05, 3.63) is 54.1 Å². The van der Waals surface area contributed by atoms with Crippen LogP contribution < -0.4 is 0 Å². The zero-order valence-corrected chi connectivity index (χ0v) is 10.5. The molecule has 0 bridgehead atoms. The van der Waals surface area contributed by atoms with Gasteiger partial charge in [0, 0.05) is 18.9 Å². The van der Waals surface area contributed by atoms with Crippen molar-refractivity contribution in [2.75, 3.05) is 0 Å². The van der Waals surface area contributed by atoms with Gasteiger partial charge in [0.05, 0.1) is 12.9 Å². The van der Waals surface area contributed by atoms with Crippen LogP contribution in [0.1, 0.15) is 31.4 Å². The van der Waals surface area contributed by atoms with Gasteiger partial charge in [0.1, 0.15) is 0 Å². The van der Waals surface area contributed by atoms with E-state index in [1.807, 2.05) is 35.0 Å². The summed E-state index contributed by atoms with van der Waals surface area (Å²) < 4.78 is 2.01. The third kappa shape index (κ3) is 4.83. The minimum absolute atomic E-state index is 0.103. The molecule has 3 nitrogen and oxygen atoms in total. The van der Waals surface area contributed by atoms with Gasteiger partial charge in [0.15, 0.2) is 0 Å². The van der Waals surface area contributed by atoms with E-state index >= 15 is 0 Å². The Hall–Kier alpha value is -1.61. The van der Waals surface area contributed by atoms with E-state index in [0.29, 0.717) is 0 Å². The Bertz CT molecular complexity index is 393. The first-order chi connectivity index (χ1) is 8.30. The fourth-order valence-electron chi connectivity index (χ4n) is 1.34. The molecule has 0 atom stereocenters. The van der Waals surface area contributed by atoms with Crippen LogP contribution in [0.3, 0.4) is 0 Å². The zero-order valence-electron chi connectivity index (χ0n) is 10.5. The molecule has 1 N–H and O–H groups in total. The lowest BCUT2D eigenvalue weighted by Gasteiger charge is -2.03. The highest BCUT2D eigenvalue weighted by atomic mass is 16.3. The molecule has 1 aromatic heterocycles. The summed E-state index contributed by atoms with van der Waals surface area (Å²) in [6.07, 6.45) is 6.74. The van der Waals surface area contributed by atoms with Gasteiger partial charge in [-0.15, -0.1) is 0 Å². The number of aliphatic hydroxyl groups excluding tert-OH is 1. The number of rotatable bonds is 3. The number of aliphatic hydroxyl groups is 1. The van der Waals surface area contributed by atoms with Crippen LogP contribution in [0.25, 0.3) is 0 Å². The first-order valence-corrected chi connectivity index (χ1v) is 5.94. The molecule has 2 rings (SSSR count). The van der Waals surface area contributed by atoms with E-state index in [0.717, 1.165) is 12.1 Å². The maximum atomic E-state index is 8.87. The average molecular weight is 232 g/mol. The van der Waals surface area contributed by atoms with Gasteiger partial charge in [-0.05, 0) is 11.1 Å². The van der Waals surface area contributed by atoms with Crippen LogP contribution in [0.4, 0.5) is 0 Å². The topological polar surface area (TPSA) is 38.0 Å². The molecule has 1 aromatic carbocycles. The van der Waals surface area contributed by atoms with E-state index < -0.39 is 0 Å². The number of hydrogen-bond donors (Lipinski definition) is 1. The van der Waals surface area contributed by atoms with Gasteiger partial charge in [0.2, 0.25) is 0 Å². The lowest BCUT2D eigenvalue weighted by molar-refractivity contribution is 0.282. The van der Waals surface area contributed by atoms with Crippen molar-refractivity contribution in [1.29, 1.82) is 0 Å². The smallest absolute Gasteiger partial charge is 0.0949 e. The zero-order chi connectivity index (χ0) is 12.5. The van der Waals surface area contributed by atoms with Crippen molar-refractivity contribution in [2.45, 2.75) is 33.4 Å². The van der Waals surface area contributed by atoms with Crippen LogP contribution in [0.5, 0.6) is 0 Å². The molecule has 3 heteroatoms. The van der Waals surface area contributed by atoms with Gasteiger partial charge in [0.25, 0.3) is 0 Å². The fourth-order valence-corrected chi connectivity index (χ4v) is 1.34. The van der Waals surface area contributed by atoms with Crippen molar-refractivity contribution in [3.63, 3.8) is 0 Å². The third-order valence-corrected chi connectivity index (χ3v) is 2.13. The number of aromatic nitrogens is 2. The normalized spacial score (nSPS) is 9.59. The predicted molar refractivity (Wildman–Crippen MR) is 69.7 cm³/mol. The summed E-state index contributed by atoms with van der Waals surface area (Å²) >= 11 is 0. The van der Waals surface area contributed by atoms with E-state index in [9.17, 15) is 0 Å². The Kier molecular flexibility index (Phi) is 6.04. The summed E-state index contributed by atoms with van der Waals surface area (Å²) in [4.78, 5) is 3.98. The Morgan fingerprint density at radius 1 is 1.12 bits per heavy atom. The van der Waals surface area contributed by atoms with Gasteiger partial charge in [-0.2, -0.15) is 0 Å². The molecular formula is C14H20N2O. The van der Waals surface area contributed by atoms with Gasteiger partial charge in [-0.25, -0.2) is 4.98 Å². The minimum atomic E-state index is 0.103. The highest BCUT2D eigenvalue weighted by Gasteiger charge is 1.94. The maximum Gasteiger partial charge on any atom is 0.0949 e. The van der Waals surface area contributed by atoms with E-state index in [1.54, 1.807) is 12.5 Å². The standard InChI is InChI=1S/C11H12N2O.C3H8/c14-8-11-3-1-10(2-4-11)7-13-6-5-12-9-13;1-3-2/h1-6,9,14H,7-8H2;3H2,1-2H3. The summed E-state index contributed by atoms with van der Waals surface area (Å²) in [5.41, 5.74) is 2.15. The molecule has 0 spiro atoms. The second-order valence-electron chi connectivity index (χ2n) is 3.92. The molecule has 0 amide bonds. The average Bonchev–Trinajstić information content (AvgIpc) is 2.84. The lowest BCUT2D eigenvalue weighted by Crippen LogP contribution is -1.96. The van der Waals surface area contributed by atoms with Crippen LogP contribution in [-0.4, -0.2) is 14.7 Å². The van der Waals surface area contributed by atoms with Crippen LogP contribution in [-0.2, 0) is 13.2 Å². The predicted octanol–water partition coefficient (Wildman–Crippen LogP) is 2.84. The van der Waals surface area contributed by atoms with Crippen molar-refractivity contribution < 1.29 is 5.11 Å². The summed E-state index contributed by atoms with van der Waals surface area (Å²) in [7, 11) is 0. The maximum absolute atomic E-state index is 8.87. The van der Waals surface area contributed by atoms with Crippen LogP contribution in [0.15, 0.2) is 43.0 Å². The van der Waals surface area contributed by atoms with Crippen molar-refractivity contribution in [2.24, 2.45) is 0 Å². The molecule has 17 heavy (non-hydrogen) atoms. The molecule has 0 unspecified atom stereocenters. The molecule has 0 saturated heterocycles. The fraction of sp³-hybridized carbons (Fsp3) is 0.357. The SMILES string of the molecule is CCC.OCc1ccc(Cn2ccnc2)cc1. The first-order valence-electron chi connectivity index (χ1n) is 5.94. The highest BCUT2D eigenvalue weighted by Crippen LogP contribution is 2.05. The molecule has 0 fully saturated rings. The third-order valence-electron chi connectivity index (χ3n) is 2.13. The van der Waals surface area contributed by atoms with Gasteiger partial charge in [-0.3, -0.25) is 0 Å². The Labute approximate surface area is 103 Å². The number of nitrogens with zero attached hydrogens (tertiary/aromatic N) is 2. The van der Waals surface area contributed by atoms with Gasteiger partial charge >= 0.3 is 0 Å². The van der Waals surface area contributed by atoms with E-state index in [-0.39, 0.29) is 6.61 Å². The minimum Gasteiger partial charge on any atom is -0.392 e. The van der Waals surface area contributed by atoms with Crippen LogP contribution in [0, 0.1) is 0 Å². The number of hydrogen-bond acceptors (Lipinski definition) is 2. The Balaban J connectivity index is 0.000000437. The van der Waals surface area contributed by atoms with Crippen molar-refractivity contribution in [3.8, 4) is 0 Å². The Morgan fingerprint density at radius 2 is 1.71 bits per heavy atom. The first kappa shape index (κ1) is 13.5. The number of benzene rings is 1. The lowest BCUT2D eigenvalue weighted by atomic mass is 10.1. The molecule has 1 heterocycles. The van der Waals surface area contributed by atoms with E-state index in [2.05, 4.69) is 18.8 Å². The largest absolute Gasteiger partial charge is 0.392 e. The molecular weight excluding hydrogens is 212 g/mol.